The van der Waals surface area contributed by atoms with Crippen molar-refractivity contribution in [3.05, 3.63) is 64.5 Å². The molecule has 2 aromatic rings. The standard InChI is InChI=1S/C28H33FN4O4/c1-28(2,3)18-14-32(15-18)13-16-7-8-17(20(29)11-16)12-30-21-6-4-5-19-24(21)27(37)33(26(19)36)22-9-10-23(34)31-25(22)35/h4-8,11,18,22-23,30,34H,9-10,12-15H2,1-3H3,(H,31,35). The van der Waals surface area contributed by atoms with Gasteiger partial charge in [0.25, 0.3) is 11.8 Å². The van der Waals surface area contributed by atoms with Crippen LogP contribution in [-0.2, 0) is 17.9 Å². The number of rotatable bonds is 6. The summed E-state index contributed by atoms with van der Waals surface area (Å²) in [5, 5.41) is 15.1. The molecule has 3 aliphatic heterocycles. The third kappa shape index (κ3) is 4.85. The van der Waals surface area contributed by atoms with Gasteiger partial charge in [0, 0.05) is 37.4 Å². The van der Waals surface area contributed by atoms with Gasteiger partial charge in [-0.1, -0.05) is 39.0 Å². The van der Waals surface area contributed by atoms with Gasteiger partial charge in [0.05, 0.1) is 11.1 Å². The molecule has 2 saturated heterocycles. The van der Waals surface area contributed by atoms with Crippen LogP contribution in [0.1, 0.15) is 65.5 Å². The zero-order valence-electron chi connectivity index (χ0n) is 21.4. The Morgan fingerprint density at radius 3 is 2.51 bits per heavy atom. The summed E-state index contributed by atoms with van der Waals surface area (Å²) in [5.74, 6) is -1.35. The number of amides is 3. The fraction of sp³-hybridized carbons (Fsp3) is 0.464. The maximum absolute atomic E-state index is 14.9. The SMILES string of the molecule is CC(C)(C)C1CN(Cc2ccc(CNc3cccc4c3C(=O)N(C3CCC(O)NC3=O)C4=O)c(F)c2)C1. The number of nitrogens with one attached hydrogen (secondary N) is 2. The van der Waals surface area contributed by atoms with E-state index in [0.29, 0.717) is 23.7 Å². The van der Waals surface area contributed by atoms with Gasteiger partial charge in [0.15, 0.2) is 0 Å². The average Bonchev–Trinajstić information content (AvgIpc) is 3.05. The van der Waals surface area contributed by atoms with E-state index in [0.717, 1.165) is 23.6 Å². The highest BCUT2D eigenvalue weighted by atomic mass is 19.1. The van der Waals surface area contributed by atoms with Crippen LogP contribution in [-0.4, -0.2) is 58.0 Å². The van der Waals surface area contributed by atoms with Crippen molar-refractivity contribution in [2.24, 2.45) is 11.3 Å². The van der Waals surface area contributed by atoms with E-state index in [-0.39, 0.29) is 41.7 Å². The Bertz CT molecular complexity index is 1250. The molecule has 2 unspecified atom stereocenters. The lowest BCUT2D eigenvalue weighted by Crippen LogP contribution is -2.55. The fourth-order valence-electron chi connectivity index (χ4n) is 5.29. The molecule has 0 saturated carbocycles. The molecule has 196 valence electrons. The predicted octanol–water partition coefficient (Wildman–Crippen LogP) is 3.11. The quantitative estimate of drug-likeness (QED) is 0.519. The first-order valence-corrected chi connectivity index (χ1v) is 12.8. The van der Waals surface area contributed by atoms with Crippen molar-refractivity contribution in [3.63, 3.8) is 0 Å². The first kappa shape index (κ1) is 25.4. The Balaban J connectivity index is 1.26. The number of likely N-dealkylation sites (tertiary alicyclic amines) is 1. The minimum Gasteiger partial charge on any atom is -0.380 e. The number of nitrogens with zero attached hydrogens (tertiary/aromatic N) is 2. The Morgan fingerprint density at radius 1 is 1.08 bits per heavy atom. The van der Waals surface area contributed by atoms with Crippen molar-refractivity contribution in [1.29, 1.82) is 0 Å². The van der Waals surface area contributed by atoms with Gasteiger partial charge in [-0.15, -0.1) is 0 Å². The Morgan fingerprint density at radius 2 is 1.84 bits per heavy atom. The second-order valence-electron chi connectivity index (χ2n) is 11.4. The van der Waals surface area contributed by atoms with E-state index in [1.807, 2.05) is 6.07 Å². The van der Waals surface area contributed by atoms with Gasteiger partial charge in [-0.3, -0.25) is 24.2 Å². The number of anilines is 1. The zero-order valence-corrected chi connectivity index (χ0v) is 21.4. The molecule has 2 aromatic carbocycles. The van der Waals surface area contributed by atoms with Crippen LogP contribution in [0.3, 0.4) is 0 Å². The van der Waals surface area contributed by atoms with E-state index < -0.39 is 30.0 Å². The number of benzene rings is 2. The maximum Gasteiger partial charge on any atom is 0.264 e. The summed E-state index contributed by atoms with van der Waals surface area (Å²) in [4.78, 5) is 41.9. The lowest BCUT2D eigenvalue weighted by Gasteiger charge is -2.46. The van der Waals surface area contributed by atoms with Crippen molar-refractivity contribution < 1.29 is 23.9 Å². The third-order valence-electron chi connectivity index (χ3n) is 7.76. The van der Waals surface area contributed by atoms with Crippen molar-refractivity contribution in [2.45, 2.75) is 59.0 Å². The van der Waals surface area contributed by atoms with Gasteiger partial charge in [-0.05, 0) is 47.9 Å². The third-order valence-corrected chi connectivity index (χ3v) is 7.76. The van der Waals surface area contributed by atoms with Gasteiger partial charge >= 0.3 is 0 Å². The fourth-order valence-corrected chi connectivity index (χ4v) is 5.29. The Kier molecular flexibility index (Phi) is 6.53. The summed E-state index contributed by atoms with van der Waals surface area (Å²) in [5.41, 5.74) is 2.44. The Hall–Kier alpha value is -3.30. The molecule has 3 heterocycles. The molecule has 9 heteroatoms. The molecule has 5 rings (SSSR count). The molecule has 8 nitrogen and oxygen atoms in total. The van der Waals surface area contributed by atoms with E-state index >= 15 is 0 Å². The van der Waals surface area contributed by atoms with Crippen LogP contribution in [0, 0.1) is 17.2 Å². The van der Waals surface area contributed by atoms with Crippen LogP contribution in [0.2, 0.25) is 0 Å². The highest BCUT2D eigenvalue weighted by Gasteiger charge is 2.45. The molecule has 0 bridgehead atoms. The molecule has 0 spiro atoms. The number of halogens is 1. The van der Waals surface area contributed by atoms with E-state index in [9.17, 15) is 23.9 Å². The number of carbonyl (C=O) groups excluding carboxylic acids is 3. The van der Waals surface area contributed by atoms with Crippen LogP contribution in [0.5, 0.6) is 0 Å². The van der Waals surface area contributed by atoms with Gasteiger partial charge in [0.2, 0.25) is 5.91 Å². The normalized spacial score (nSPS) is 22.6. The summed E-state index contributed by atoms with van der Waals surface area (Å²) in [7, 11) is 0. The summed E-state index contributed by atoms with van der Waals surface area (Å²) >= 11 is 0. The van der Waals surface area contributed by atoms with E-state index in [2.05, 4.69) is 36.3 Å². The number of hydrogen-bond donors (Lipinski definition) is 3. The second-order valence-corrected chi connectivity index (χ2v) is 11.4. The van der Waals surface area contributed by atoms with Crippen LogP contribution < -0.4 is 10.6 Å². The lowest BCUT2D eigenvalue weighted by atomic mass is 9.76. The molecule has 3 N–H and O–H groups in total. The summed E-state index contributed by atoms with van der Waals surface area (Å²) < 4.78 is 14.9. The monoisotopic (exact) mass is 508 g/mol. The van der Waals surface area contributed by atoms with Crippen molar-refractivity contribution in [1.82, 2.24) is 15.1 Å². The number of imide groups is 1. The number of hydrogen-bond acceptors (Lipinski definition) is 6. The van der Waals surface area contributed by atoms with E-state index in [4.69, 9.17) is 0 Å². The molecular weight excluding hydrogens is 475 g/mol. The highest BCUT2D eigenvalue weighted by molar-refractivity contribution is 6.25. The minimum absolute atomic E-state index is 0.135. The second kappa shape index (κ2) is 9.54. The molecule has 0 aliphatic carbocycles. The molecule has 37 heavy (non-hydrogen) atoms. The minimum atomic E-state index is -0.983. The largest absolute Gasteiger partial charge is 0.380 e. The zero-order chi connectivity index (χ0) is 26.5. The number of fused-ring (bicyclic) bond motifs is 1. The van der Waals surface area contributed by atoms with Crippen LogP contribution >= 0.6 is 0 Å². The van der Waals surface area contributed by atoms with E-state index in [1.165, 1.54) is 0 Å². The molecule has 3 amide bonds. The summed E-state index contributed by atoms with van der Waals surface area (Å²) in [6.45, 7) is 9.62. The van der Waals surface area contributed by atoms with Crippen molar-refractivity contribution >= 4 is 23.4 Å². The van der Waals surface area contributed by atoms with Crippen LogP contribution in [0.4, 0.5) is 10.1 Å². The molecule has 2 fully saturated rings. The first-order valence-electron chi connectivity index (χ1n) is 12.8. The van der Waals surface area contributed by atoms with Gasteiger partial charge < -0.3 is 15.7 Å². The maximum atomic E-state index is 14.9. The number of piperidine rings is 1. The Labute approximate surface area is 215 Å². The lowest BCUT2D eigenvalue weighted by molar-refractivity contribution is -0.131. The highest BCUT2D eigenvalue weighted by Crippen LogP contribution is 2.35. The van der Waals surface area contributed by atoms with Gasteiger partial charge in [-0.2, -0.15) is 0 Å². The molecule has 2 atom stereocenters. The summed E-state index contributed by atoms with van der Waals surface area (Å²) in [6, 6.07) is 9.12. The molecule has 0 radical (unpaired) electrons. The summed E-state index contributed by atoms with van der Waals surface area (Å²) in [6.07, 6.45) is -0.546. The smallest absolute Gasteiger partial charge is 0.264 e. The molecule has 3 aliphatic rings. The van der Waals surface area contributed by atoms with Gasteiger partial charge in [-0.25, -0.2) is 4.39 Å². The van der Waals surface area contributed by atoms with Gasteiger partial charge in [0.1, 0.15) is 18.1 Å². The number of aliphatic hydroxyl groups is 1. The predicted molar refractivity (Wildman–Crippen MR) is 136 cm³/mol. The molecular formula is C28H33FN4O4. The van der Waals surface area contributed by atoms with Crippen molar-refractivity contribution in [2.75, 3.05) is 18.4 Å². The van der Waals surface area contributed by atoms with Crippen LogP contribution in [0.25, 0.3) is 0 Å². The molecule has 0 aromatic heterocycles. The topological polar surface area (TPSA) is 102 Å². The number of aliphatic hydroxyl groups excluding tert-OH is 1. The first-order chi connectivity index (χ1) is 17.5. The average molecular weight is 509 g/mol. The van der Waals surface area contributed by atoms with E-state index in [1.54, 1.807) is 30.3 Å². The van der Waals surface area contributed by atoms with Crippen molar-refractivity contribution in [3.8, 4) is 0 Å². The number of carbonyl (C=O) groups is 3. The van der Waals surface area contributed by atoms with Crippen LogP contribution in [0.15, 0.2) is 36.4 Å².